The van der Waals surface area contributed by atoms with Gasteiger partial charge in [0.2, 0.25) is 5.91 Å². The Hall–Kier alpha value is -1.75. The maximum atomic E-state index is 11.9. The van der Waals surface area contributed by atoms with Gasteiger partial charge in [-0.2, -0.15) is 0 Å². The summed E-state index contributed by atoms with van der Waals surface area (Å²) in [5.41, 5.74) is 0.881. The van der Waals surface area contributed by atoms with Crippen LogP contribution in [0.5, 0.6) is 0 Å². The molecule has 0 atom stereocenters. The summed E-state index contributed by atoms with van der Waals surface area (Å²) < 4.78 is 0. The molecule has 2 aromatic rings. The van der Waals surface area contributed by atoms with Crippen LogP contribution >= 0.6 is 34.8 Å². The van der Waals surface area contributed by atoms with E-state index in [9.17, 15) is 9.59 Å². The molecule has 0 aliphatic heterocycles. The zero-order valence-electron chi connectivity index (χ0n) is 11.2. The molecule has 2 amide bonds. The fourth-order valence-electron chi connectivity index (χ4n) is 1.67. The van der Waals surface area contributed by atoms with E-state index in [1.165, 1.54) is 18.2 Å². The Morgan fingerprint density at radius 1 is 0.955 bits per heavy atom. The Morgan fingerprint density at radius 2 is 1.73 bits per heavy atom. The van der Waals surface area contributed by atoms with E-state index in [-0.39, 0.29) is 17.5 Å². The highest BCUT2D eigenvalue weighted by atomic mass is 35.5. The van der Waals surface area contributed by atoms with Crippen LogP contribution in [0.25, 0.3) is 0 Å². The minimum atomic E-state index is -0.417. The Labute approximate surface area is 142 Å². The van der Waals surface area contributed by atoms with Gasteiger partial charge in [-0.05, 0) is 36.4 Å². The minimum Gasteiger partial charge on any atom is -0.343 e. The van der Waals surface area contributed by atoms with Crippen LogP contribution in [0.15, 0.2) is 42.5 Å². The Bertz CT molecular complexity index is 720. The molecule has 0 saturated carbocycles. The van der Waals surface area contributed by atoms with Crippen molar-refractivity contribution in [2.75, 3.05) is 11.9 Å². The summed E-state index contributed by atoms with van der Waals surface area (Å²) in [6.07, 6.45) is 0. The summed E-state index contributed by atoms with van der Waals surface area (Å²) in [6, 6.07) is 11.2. The molecule has 0 aromatic heterocycles. The number of anilines is 1. The van der Waals surface area contributed by atoms with Gasteiger partial charge in [-0.3, -0.25) is 9.59 Å². The van der Waals surface area contributed by atoms with Gasteiger partial charge < -0.3 is 10.6 Å². The van der Waals surface area contributed by atoms with E-state index in [1.54, 1.807) is 24.3 Å². The zero-order chi connectivity index (χ0) is 16.1. The molecule has 2 aromatic carbocycles. The van der Waals surface area contributed by atoms with Crippen molar-refractivity contribution in [1.29, 1.82) is 0 Å². The molecule has 0 heterocycles. The third kappa shape index (κ3) is 4.63. The molecule has 0 unspecified atom stereocenters. The first-order valence-electron chi connectivity index (χ1n) is 6.24. The van der Waals surface area contributed by atoms with Gasteiger partial charge >= 0.3 is 0 Å². The number of rotatable bonds is 4. The Balaban J connectivity index is 1.90. The maximum absolute atomic E-state index is 11.9. The summed E-state index contributed by atoms with van der Waals surface area (Å²) in [7, 11) is 0. The third-order valence-electron chi connectivity index (χ3n) is 2.70. The van der Waals surface area contributed by atoms with Gasteiger partial charge in [-0.15, -0.1) is 0 Å². The molecule has 114 valence electrons. The number of hydrogen-bond donors (Lipinski definition) is 2. The third-order valence-corrected chi connectivity index (χ3v) is 3.67. The standard InChI is InChI=1S/C15H11Cl3N2O2/c16-10-2-1-3-11(7-10)20-14(21)8-19-15(22)9-4-5-12(17)13(18)6-9/h1-7H,8H2,(H,19,22)(H,20,21). The van der Waals surface area contributed by atoms with Crippen LogP contribution in [0, 0.1) is 0 Å². The molecule has 2 rings (SSSR count). The molecule has 0 aliphatic rings. The smallest absolute Gasteiger partial charge is 0.251 e. The first kappa shape index (κ1) is 16.6. The molecule has 0 bridgehead atoms. The lowest BCUT2D eigenvalue weighted by molar-refractivity contribution is -0.115. The second-order valence-corrected chi connectivity index (χ2v) is 5.62. The van der Waals surface area contributed by atoms with Crippen molar-refractivity contribution >= 4 is 52.3 Å². The molecule has 7 heteroatoms. The molecule has 0 radical (unpaired) electrons. The number of halogens is 3. The molecule has 0 spiro atoms. The highest BCUT2D eigenvalue weighted by molar-refractivity contribution is 6.42. The largest absolute Gasteiger partial charge is 0.343 e. The molecule has 4 nitrogen and oxygen atoms in total. The summed E-state index contributed by atoms with van der Waals surface area (Å²) in [4.78, 5) is 23.7. The van der Waals surface area contributed by atoms with Crippen LogP contribution in [0.2, 0.25) is 15.1 Å². The van der Waals surface area contributed by atoms with E-state index in [0.717, 1.165) is 0 Å². The van der Waals surface area contributed by atoms with Gasteiger partial charge in [0.15, 0.2) is 0 Å². The molecule has 0 fully saturated rings. The van der Waals surface area contributed by atoms with Gasteiger partial charge in [0.05, 0.1) is 16.6 Å². The van der Waals surface area contributed by atoms with Gasteiger partial charge in [-0.1, -0.05) is 40.9 Å². The average molecular weight is 358 g/mol. The predicted octanol–water partition coefficient (Wildman–Crippen LogP) is 4.02. The Morgan fingerprint density at radius 3 is 2.41 bits per heavy atom. The van der Waals surface area contributed by atoms with Crippen LogP contribution in [0.4, 0.5) is 5.69 Å². The van der Waals surface area contributed by atoms with E-state index >= 15 is 0 Å². The lowest BCUT2D eigenvalue weighted by Gasteiger charge is -2.08. The molecule has 22 heavy (non-hydrogen) atoms. The first-order valence-corrected chi connectivity index (χ1v) is 7.38. The van der Waals surface area contributed by atoms with E-state index in [4.69, 9.17) is 34.8 Å². The van der Waals surface area contributed by atoms with Crippen LogP contribution in [0.3, 0.4) is 0 Å². The fourth-order valence-corrected chi connectivity index (χ4v) is 2.16. The predicted molar refractivity (Wildman–Crippen MR) is 88.9 cm³/mol. The average Bonchev–Trinajstić information content (AvgIpc) is 2.47. The van der Waals surface area contributed by atoms with Crippen LogP contribution in [0.1, 0.15) is 10.4 Å². The number of hydrogen-bond acceptors (Lipinski definition) is 2. The van der Waals surface area contributed by atoms with Crippen molar-refractivity contribution in [3.8, 4) is 0 Å². The second-order valence-electron chi connectivity index (χ2n) is 4.37. The fraction of sp³-hybridized carbons (Fsp3) is 0.0667. The van der Waals surface area contributed by atoms with E-state index in [2.05, 4.69) is 10.6 Å². The minimum absolute atomic E-state index is 0.175. The van der Waals surface area contributed by atoms with Crippen molar-refractivity contribution in [2.45, 2.75) is 0 Å². The van der Waals surface area contributed by atoms with E-state index in [1.807, 2.05) is 0 Å². The highest BCUT2D eigenvalue weighted by Gasteiger charge is 2.10. The highest BCUT2D eigenvalue weighted by Crippen LogP contribution is 2.22. The summed E-state index contributed by atoms with van der Waals surface area (Å²) >= 11 is 17.4. The normalized spacial score (nSPS) is 10.1. The topological polar surface area (TPSA) is 58.2 Å². The monoisotopic (exact) mass is 356 g/mol. The lowest BCUT2D eigenvalue weighted by atomic mass is 10.2. The van der Waals surface area contributed by atoms with Gasteiger partial charge in [0.1, 0.15) is 0 Å². The molecule has 2 N–H and O–H groups in total. The van der Waals surface area contributed by atoms with Crippen molar-refractivity contribution in [2.24, 2.45) is 0 Å². The summed E-state index contributed by atoms with van der Waals surface area (Å²) in [5.74, 6) is -0.782. The van der Waals surface area contributed by atoms with Crippen LogP contribution in [-0.2, 0) is 4.79 Å². The molecule has 0 saturated heterocycles. The van der Waals surface area contributed by atoms with Gasteiger partial charge in [-0.25, -0.2) is 0 Å². The maximum Gasteiger partial charge on any atom is 0.251 e. The van der Waals surface area contributed by atoms with Crippen molar-refractivity contribution in [3.05, 3.63) is 63.1 Å². The zero-order valence-corrected chi connectivity index (χ0v) is 13.5. The van der Waals surface area contributed by atoms with Crippen molar-refractivity contribution < 1.29 is 9.59 Å². The van der Waals surface area contributed by atoms with Gasteiger partial charge in [0, 0.05) is 16.3 Å². The molecule has 0 aliphatic carbocycles. The number of nitrogens with one attached hydrogen (secondary N) is 2. The first-order chi connectivity index (χ1) is 10.5. The van der Waals surface area contributed by atoms with Crippen molar-refractivity contribution in [1.82, 2.24) is 5.32 Å². The van der Waals surface area contributed by atoms with E-state index < -0.39 is 5.91 Å². The van der Waals surface area contributed by atoms with E-state index in [0.29, 0.717) is 21.3 Å². The number of benzene rings is 2. The molecular formula is C15H11Cl3N2O2. The van der Waals surface area contributed by atoms with Crippen molar-refractivity contribution in [3.63, 3.8) is 0 Å². The van der Waals surface area contributed by atoms with Crippen LogP contribution in [-0.4, -0.2) is 18.4 Å². The van der Waals surface area contributed by atoms with Gasteiger partial charge in [0.25, 0.3) is 5.91 Å². The SMILES string of the molecule is O=C(CNC(=O)c1ccc(Cl)c(Cl)c1)Nc1cccc(Cl)c1. The summed E-state index contributed by atoms with van der Waals surface area (Å²) in [6.45, 7) is -0.175. The molecular weight excluding hydrogens is 347 g/mol. The quantitative estimate of drug-likeness (QED) is 0.868. The number of amides is 2. The second kappa shape index (κ2) is 7.49. The number of carbonyl (C=O) groups is 2. The lowest BCUT2D eigenvalue weighted by Crippen LogP contribution is -2.32. The number of carbonyl (C=O) groups excluding carboxylic acids is 2. The Kier molecular flexibility index (Phi) is 5.66. The van der Waals surface area contributed by atoms with Crippen LogP contribution < -0.4 is 10.6 Å². The summed E-state index contributed by atoms with van der Waals surface area (Å²) in [5, 5.41) is 6.26.